The molecule has 2 aliphatic rings. The van der Waals surface area contributed by atoms with Gasteiger partial charge in [0.05, 0.1) is 0 Å². The van der Waals surface area contributed by atoms with Crippen molar-refractivity contribution in [3.8, 4) is 0 Å². The molecule has 2 N–H and O–H groups in total. The first kappa shape index (κ1) is 19.6. The molecule has 1 aliphatic heterocycles. The van der Waals surface area contributed by atoms with E-state index in [2.05, 4.69) is 116 Å². The molecule has 28 heavy (non-hydrogen) atoms. The molecule has 2 aromatic rings. The molecule has 0 radical (unpaired) electrons. The third kappa shape index (κ3) is 1.77. The number of benzene rings is 2. The van der Waals surface area contributed by atoms with Crippen LogP contribution in [0.4, 0.5) is 11.4 Å². The van der Waals surface area contributed by atoms with Crippen LogP contribution in [0.25, 0.3) is 10.8 Å². The van der Waals surface area contributed by atoms with Crippen LogP contribution >= 0.6 is 0 Å². The van der Waals surface area contributed by atoms with Gasteiger partial charge in [0.25, 0.3) is 0 Å². The number of hydrogen-bond acceptors (Lipinski definition) is 2. The van der Waals surface area contributed by atoms with E-state index in [9.17, 15) is 0 Å². The van der Waals surface area contributed by atoms with Gasteiger partial charge in [0.2, 0.25) is 0 Å². The van der Waals surface area contributed by atoms with Crippen molar-refractivity contribution in [1.82, 2.24) is 0 Å². The fourth-order valence-corrected chi connectivity index (χ4v) is 6.67. The molecule has 152 valence electrons. The lowest BCUT2D eigenvalue weighted by molar-refractivity contribution is -0.243. The smallest absolute Gasteiger partial charge is 0.119 e. The molecule has 2 nitrogen and oxygen atoms in total. The first-order valence-corrected chi connectivity index (χ1v) is 10.7. The maximum absolute atomic E-state index is 4.10. The Labute approximate surface area is 171 Å². The molecule has 0 bridgehead atoms. The van der Waals surface area contributed by atoms with Crippen molar-refractivity contribution in [2.45, 2.75) is 74.9 Å². The summed E-state index contributed by atoms with van der Waals surface area (Å²) < 4.78 is 0. The number of nitrogens with one attached hydrogen (secondary N) is 2. The molecule has 1 aliphatic carbocycles. The largest absolute Gasteiger partial charge is 0.361 e. The summed E-state index contributed by atoms with van der Waals surface area (Å²) in [6, 6.07) is 13.3. The summed E-state index contributed by atoms with van der Waals surface area (Å²) in [7, 11) is 0. The van der Waals surface area contributed by atoms with E-state index < -0.39 is 0 Å². The monoisotopic (exact) mass is 378 g/mol. The molecule has 0 aromatic heterocycles. The highest BCUT2D eigenvalue weighted by Gasteiger charge is 2.76. The zero-order valence-electron chi connectivity index (χ0n) is 19.5. The molecule has 0 saturated heterocycles. The van der Waals surface area contributed by atoms with Gasteiger partial charge in [0, 0.05) is 27.6 Å². The van der Waals surface area contributed by atoms with Gasteiger partial charge >= 0.3 is 0 Å². The van der Waals surface area contributed by atoms with Crippen LogP contribution in [0.3, 0.4) is 0 Å². The summed E-state index contributed by atoms with van der Waals surface area (Å²) in [5.41, 5.74) is 2.46. The third-order valence-electron chi connectivity index (χ3n) is 10.7. The minimum Gasteiger partial charge on any atom is -0.361 e. The van der Waals surface area contributed by atoms with Crippen molar-refractivity contribution >= 4 is 22.1 Å². The van der Waals surface area contributed by atoms with Crippen LogP contribution < -0.4 is 10.6 Å². The fraction of sp³-hybridized carbons (Fsp3) is 0.615. The molecule has 0 unspecified atom stereocenters. The van der Waals surface area contributed by atoms with Crippen molar-refractivity contribution in [3.63, 3.8) is 0 Å². The lowest BCUT2D eigenvalue weighted by atomic mass is 9.31. The highest BCUT2D eigenvalue weighted by Crippen LogP contribution is 2.76. The molecular formula is C26H38N2. The minimum atomic E-state index is -0.287. The van der Waals surface area contributed by atoms with Gasteiger partial charge < -0.3 is 10.6 Å². The van der Waals surface area contributed by atoms with Crippen LogP contribution in [0.15, 0.2) is 36.4 Å². The number of rotatable bonds is 0. The molecule has 0 atom stereocenters. The highest BCUT2D eigenvalue weighted by molar-refractivity contribution is 6.05. The maximum Gasteiger partial charge on any atom is 0.119 e. The lowest BCUT2D eigenvalue weighted by Crippen LogP contribution is -2.81. The molecule has 4 rings (SSSR count). The van der Waals surface area contributed by atoms with Crippen molar-refractivity contribution < 1.29 is 0 Å². The normalized spacial score (nSPS) is 27.1. The first-order valence-electron chi connectivity index (χ1n) is 10.7. The van der Waals surface area contributed by atoms with Crippen LogP contribution in [-0.2, 0) is 0 Å². The van der Waals surface area contributed by atoms with E-state index in [0.717, 1.165) is 0 Å². The van der Waals surface area contributed by atoms with Gasteiger partial charge in [0.1, 0.15) is 5.66 Å². The van der Waals surface area contributed by atoms with Crippen molar-refractivity contribution in [3.05, 3.63) is 36.4 Å². The van der Waals surface area contributed by atoms with Crippen molar-refractivity contribution in [2.75, 3.05) is 10.6 Å². The van der Waals surface area contributed by atoms with E-state index in [-0.39, 0.29) is 32.7 Å². The second kappa shape index (κ2) is 5.07. The van der Waals surface area contributed by atoms with Gasteiger partial charge in [0.15, 0.2) is 0 Å². The zero-order chi connectivity index (χ0) is 21.0. The molecule has 1 fully saturated rings. The van der Waals surface area contributed by atoms with E-state index in [1.165, 1.54) is 22.1 Å². The van der Waals surface area contributed by atoms with E-state index in [0.29, 0.717) is 0 Å². The topological polar surface area (TPSA) is 24.1 Å². The Balaban J connectivity index is 2.06. The predicted molar refractivity (Wildman–Crippen MR) is 123 cm³/mol. The van der Waals surface area contributed by atoms with Gasteiger partial charge in [-0.05, 0) is 33.8 Å². The fourth-order valence-electron chi connectivity index (χ4n) is 6.67. The first-order chi connectivity index (χ1) is 12.7. The second-order valence-corrected chi connectivity index (χ2v) is 11.8. The van der Waals surface area contributed by atoms with Gasteiger partial charge in [-0.1, -0.05) is 93.5 Å². The second-order valence-electron chi connectivity index (χ2n) is 11.8. The number of hydrogen-bond donors (Lipinski definition) is 2. The van der Waals surface area contributed by atoms with E-state index >= 15 is 0 Å². The van der Waals surface area contributed by atoms with Crippen LogP contribution in [0, 0.1) is 27.1 Å². The Morgan fingerprint density at radius 3 is 1.25 bits per heavy atom. The Morgan fingerprint density at radius 1 is 0.500 bits per heavy atom. The molecule has 1 saturated carbocycles. The zero-order valence-corrected chi connectivity index (χ0v) is 19.5. The SMILES string of the molecule is CC1(C)C(C)(C)C(C)(C)C2(Nc3cccc4cccc(c34)N2)C(C)(C)C1(C)C. The van der Waals surface area contributed by atoms with Gasteiger partial charge in [-0.25, -0.2) is 0 Å². The Morgan fingerprint density at radius 2 is 0.857 bits per heavy atom. The molecular weight excluding hydrogens is 340 g/mol. The minimum absolute atomic E-state index is 0.0295. The summed E-state index contributed by atoms with van der Waals surface area (Å²) >= 11 is 0. The van der Waals surface area contributed by atoms with Crippen LogP contribution in [0.5, 0.6) is 0 Å². The van der Waals surface area contributed by atoms with E-state index in [1.54, 1.807) is 0 Å². The van der Waals surface area contributed by atoms with Crippen molar-refractivity contribution in [1.29, 1.82) is 0 Å². The van der Waals surface area contributed by atoms with Crippen LogP contribution in [0.2, 0.25) is 0 Å². The summed E-state index contributed by atoms with van der Waals surface area (Å²) in [6.07, 6.45) is 0. The van der Waals surface area contributed by atoms with Gasteiger partial charge in [-0.2, -0.15) is 0 Å². The predicted octanol–water partition coefficient (Wildman–Crippen LogP) is 7.52. The molecule has 1 heterocycles. The van der Waals surface area contributed by atoms with Crippen LogP contribution in [0.1, 0.15) is 69.2 Å². The van der Waals surface area contributed by atoms with Gasteiger partial charge in [-0.3, -0.25) is 0 Å². The molecule has 2 heteroatoms. The molecule has 1 spiro atoms. The Kier molecular flexibility index (Phi) is 3.55. The van der Waals surface area contributed by atoms with E-state index in [4.69, 9.17) is 0 Å². The molecule has 0 amide bonds. The number of anilines is 2. The summed E-state index contributed by atoms with van der Waals surface area (Å²) in [5.74, 6) is 0. The van der Waals surface area contributed by atoms with E-state index in [1.807, 2.05) is 0 Å². The van der Waals surface area contributed by atoms with Gasteiger partial charge in [-0.15, -0.1) is 0 Å². The molecule has 2 aromatic carbocycles. The average molecular weight is 379 g/mol. The summed E-state index contributed by atoms with van der Waals surface area (Å²) in [6.45, 7) is 24.7. The standard InChI is InChI=1S/C26H38N2/c1-21(2)22(3,4)24(7,8)26(25(9,10)23(21,5)6)27-18-15-11-13-17-14-12-16-19(28-26)20(17)18/h11-16,27-28H,1-10H3. The summed E-state index contributed by atoms with van der Waals surface area (Å²) in [4.78, 5) is 0. The maximum atomic E-state index is 4.10. The van der Waals surface area contributed by atoms with Crippen LogP contribution in [-0.4, -0.2) is 5.66 Å². The highest BCUT2D eigenvalue weighted by atomic mass is 15.3. The Bertz CT molecular complexity index is 887. The Hall–Kier alpha value is -1.70. The lowest BCUT2D eigenvalue weighted by Gasteiger charge is -2.77. The quantitative estimate of drug-likeness (QED) is 0.495. The summed E-state index contributed by atoms with van der Waals surface area (Å²) in [5, 5.41) is 10.8. The van der Waals surface area contributed by atoms with Crippen molar-refractivity contribution in [2.24, 2.45) is 27.1 Å². The third-order valence-corrected chi connectivity index (χ3v) is 10.7. The average Bonchev–Trinajstić information content (AvgIpc) is 2.60.